The lowest BCUT2D eigenvalue weighted by atomic mass is 9.95. The fourth-order valence-corrected chi connectivity index (χ4v) is 1.76. The van der Waals surface area contributed by atoms with E-state index in [1.54, 1.807) is 0 Å². The molecule has 0 aromatic heterocycles. The Hall–Kier alpha value is 0.0700. The average molecular weight is 178 g/mol. The van der Waals surface area contributed by atoms with Gasteiger partial charge in [0.05, 0.1) is 0 Å². The summed E-state index contributed by atoms with van der Waals surface area (Å²) >= 11 is 11.8. The molecular formula is C7H9Cl2N. The topological polar surface area (TPSA) is 4.36 Å². The zero-order chi connectivity index (χ0) is 7.61. The highest BCUT2D eigenvalue weighted by Gasteiger charge is 2.44. The number of rotatable bonds is 0. The molecule has 0 spiro atoms. The highest BCUT2D eigenvalue weighted by Crippen LogP contribution is 2.38. The van der Waals surface area contributed by atoms with Gasteiger partial charge in [0.1, 0.15) is 5.38 Å². The minimum atomic E-state index is -0.792. The molecule has 1 aliphatic carbocycles. The summed E-state index contributed by atoms with van der Waals surface area (Å²) in [5.74, 6) is 0. The van der Waals surface area contributed by atoms with Crippen molar-refractivity contribution in [2.24, 2.45) is 0 Å². The van der Waals surface area contributed by atoms with Crippen LogP contribution in [-0.2, 0) is 0 Å². The molecule has 1 fully saturated rings. The second-order valence-corrected chi connectivity index (χ2v) is 3.83. The highest BCUT2D eigenvalue weighted by atomic mass is 35.5. The van der Waals surface area contributed by atoms with E-state index in [0.717, 1.165) is 25.7 Å². The van der Waals surface area contributed by atoms with Gasteiger partial charge in [-0.3, -0.25) is 4.85 Å². The maximum atomic E-state index is 6.83. The van der Waals surface area contributed by atoms with Crippen molar-refractivity contribution in [2.75, 3.05) is 0 Å². The molecule has 0 N–H and O–H groups in total. The third-order valence-electron chi connectivity index (χ3n) is 1.90. The lowest BCUT2D eigenvalue weighted by Crippen LogP contribution is -2.32. The molecule has 0 heterocycles. The molecule has 56 valence electrons. The second-order valence-electron chi connectivity index (χ2n) is 2.64. The quantitative estimate of drug-likeness (QED) is 0.305. The molecule has 1 rings (SSSR count). The largest absolute Gasteiger partial charge is 0.321 e. The Balaban J connectivity index is 2.65. The predicted molar refractivity (Wildman–Crippen MR) is 43.3 cm³/mol. The molecule has 0 amide bonds. The van der Waals surface area contributed by atoms with Gasteiger partial charge in [-0.2, -0.15) is 0 Å². The Morgan fingerprint density at radius 3 is 2.60 bits per heavy atom. The summed E-state index contributed by atoms with van der Waals surface area (Å²) in [4.78, 5) is 2.55. The Morgan fingerprint density at radius 1 is 1.50 bits per heavy atom. The molecule has 10 heavy (non-hydrogen) atoms. The Morgan fingerprint density at radius 2 is 2.20 bits per heavy atom. The summed E-state index contributed by atoms with van der Waals surface area (Å²) in [6.45, 7) is 6.83. The van der Waals surface area contributed by atoms with Gasteiger partial charge < -0.3 is 0 Å². The second kappa shape index (κ2) is 2.98. The molecule has 0 aromatic rings. The van der Waals surface area contributed by atoms with Gasteiger partial charge in [0.2, 0.25) is 0 Å². The minimum Gasteiger partial charge on any atom is -0.291 e. The van der Waals surface area contributed by atoms with E-state index >= 15 is 0 Å². The van der Waals surface area contributed by atoms with Crippen LogP contribution in [0.4, 0.5) is 0 Å². The summed E-state index contributed by atoms with van der Waals surface area (Å²) in [6, 6.07) is 0. The van der Waals surface area contributed by atoms with Crippen LogP contribution in [0, 0.1) is 6.57 Å². The summed E-state index contributed by atoms with van der Waals surface area (Å²) in [7, 11) is 0. The molecule has 0 aliphatic heterocycles. The first-order chi connectivity index (χ1) is 4.69. The van der Waals surface area contributed by atoms with Crippen molar-refractivity contribution < 1.29 is 0 Å². The smallest absolute Gasteiger partial charge is 0.291 e. The SMILES string of the molecule is [C-]#[N+]C1(Cl)CCCCC1Cl. The minimum absolute atomic E-state index is 0.152. The number of hydrogen-bond donors (Lipinski definition) is 0. The molecule has 1 nitrogen and oxygen atoms in total. The monoisotopic (exact) mass is 177 g/mol. The van der Waals surface area contributed by atoms with Crippen LogP contribution in [0.25, 0.3) is 4.85 Å². The van der Waals surface area contributed by atoms with Crippen molar-refractivity contribution in [1.82, 2.24) is 0 Å². The lowest BCUT2D eigenvalue weighted by molar-refractivity contribution is 0.450. The number of halogens is 2. The fraction of sp³-hybridized carbons (Fsp3) is 0.857. The van der Waals surface area contributed by atoms with Crippen molar-refractivity contribution in [2.45, 2.75) is 36.1 Å². The number of alkyl halides is 2. The highest BCUT2D eigenvalue weighted by molar-refractivity contribution is 6.33. The van der Waals surface area contributed by atoms with Gasteiger partial charge >= 0.3 is 5.00 Å². The first-order valence-electron chi connectivity index (χ1n) is 3.40. The molecule has 2 unspecified atom stereocenters. The van der Waals surface area contributed by atoms with E-state index in [1.165, 1.54) is 0 Å². The van der Waals surface area contributed by atoms with Crippen molar-refractivity contribution in [3.63, 3.8) is 0 Å². The van der Waals surface area contributed by atoms with E-state index in [2.05, 4.69) is 4.85 Å². The fourth-order valence-electron chi connectivity index (χ4n) is 1.20. The molecule has 0 radical (unpaired) electrons. The molecule has 0 bridgehead atoms. The van der Waals surface area contributed by atoms with Crippen molar-refractivity contribution >= 4 is 23.2 Å². The predicted octanol–water partition coefficient (Wildman–Crippen LogP) is 3.02. The standard InChI is InChI=1S/C7H9Cl2N/c1-10-7(9)5-3-2-4-6(7)8/h6H,2-5H2. The molecule has 0 aromatic carbocycles. The zero-order valence-corrected chi connectivity index (χ0v) is 7.12. The van der Waals surface area contributed by atoms with E-state index in [0.29, 0.717) is 0 Å². The normalized spacial score (nSPS) is 40.7. The first-order valence-corrected chi connectivity index (χ1v) is 4.22. The lowest BCUT2D eigenvalue weighted by Gasteiger charge is -2.24. The molecular weight excluding hydrogens is 169 g/mol. The van der Waals surface area contributed by atoms with E-state index in [9.17, 15) is 0 Å². The van der Waals surface area contributed by atoms with Crippen LogP contribution in [0.3, 0.4) is 0 Å². The van der Waals surface area contributed by atoms with Gasteiger partial charge in [-0.25, -0.2) is 6.57 Å². The van der Waals surface area contributed by atoms with E-state index in [1.807, 2.05) is 0 Å². The van der Waals surface area contributed by atoms with Crippen LogP contribution >= 0.6 is 23.2 Å². The Kier molecular flexibility index (Phi) is 2.44. The van der Waals surface area contributed by atoms with Gasteiger partial charge in [-0.1, -0.05) is 6.42 Å². The summed E-state index contributed by atoms with van der Waals surface area (Å²) in [5.41, 5.74) is 0. The Labute approximate surface area is 71.1 Å². The molecule has 3 heteroatoms. The maximum absolute atomic E-state index is 6.83. The average Bonchev–Trinajstić information content (AvgIpc) is 1.96. The van der Waals surface area contributed by atoms with Gasteiger partial charge in [0.15, 0.2) is 0 Å². The number of nitrogens with zero attached hydrogens (tertiary/aromatic N) is 1. The van der Waals surface area contributed by atoms with Crippen LogP contribution in [-0.4, -0.2) is 10.4 Å². The van der Waals surface area contributed by atoms with Crippen molar-refractivity contribution in [3.05, 3.63) is 11.4 Å². The van der Waals surface area contributed by atoms with Gasteiger partial charge in [0, 0.05) is 6.42 Å². The van der Waals surface area contributed by atoms with Crippen molar-refractivity contribution in [3.8, 4) is 0 Å². The van der Waals surface area contributed by atoms with Crippen LogP contribution < -0.4 is 0 Å². The van der Waals surface area contributed by atoms with E-state index in [4.69, 9.17) is 29.8 Å². The first kappa shape index (κ1) is 8.17. The zero-order valence-electron chi connectivity index (χ0n) is 5.61. The van der Waals surface area contributed by atoms with E-state index < -0.39 is 5.00 Å². The third kappa shape index (κ3) is 1.38. The summed E-state index contributed by atoms with van der Waals surface area (Å²) < 4.78 is 0. The van der Waals surface area contributed by atoms with Gasteiger partial charge in [-0.05, 0) is 24.4 Å². The maximum Gasteiger partial charge on any atom is 0.321 e. The Bertz CT molecular complexity index is 163. The molecule has 1 aliphatic rings. The van der Waals surface area contributed by atoms with Gasteiger partial charge in [0.25, 0.3) is 0 Å². The van der Waals surface area contributed by atoms with Crippen LogP contribution in [0.2, 0.25) is 0 Å². The molecule has 0 saturated heterocycles. The van der Waals surface area contributed by atoms with Gasteiger partial charge in [-0.15, -0.1) is 11.6 Å². The third-order valence-corrected chi connectivity index (χ3v) is 3.13. The summed E-state index contributed by atoms with van der Waals surface area (Å²) in [5, 5.41) is -0.152. The van der Waals surface area contributed by atoms with E-state index in [-0.39, 0.29) is 5.38 Å². The number of hydrogen-bond acceptors (Lipinski definition) is 0. The van der Waals surface area contributed by atoms with Crippen LogP contribution in [0.1, 0.15) is 25.7 Å². The molecule has 1 saturated carbocycles. The molecule has 2 atom stereocenters. The van der Waals surface area contributed by atoms with Crippen LogP contribution in [0.5, 0.6) is 0 Å². The summed E-state index contributed by atoms with van der Waals surface area (Å²) in [6.07, 6.45) is 3.77. The van der Waals surface area contributed by atoms with Crippen molar-refractivity contribution in [1.29, 1.82) is 0 Å². The van der Waals surface area contributed by atoms with Crippen LogP contribution in [0.15, 0.2) is 0 Å².